The molecule has 8 heteroatoms. The van der Waals surface area contributed by atoms with Gasteiger partial charge in [-0.3, -0.25) is 4.72 Å². The Morgan fingerprint density at radius 1 is 1.00 bits per heavy atom. The average molecular weight is 361 g/mol. The Kier molecular flexibility index (Phi) is 4.91. The minimum Gasteiger partial charge on any atom is -0.353 e. The third-order valence-electron chi connectivity index (χ3n) is 4.34. The van der Waals surface area contributed by atoms with Crippen LogP contribution < -0.4 is 9.62 Å². The molecule has 0 atom stereocenters. The van der Waals surface area contributed by atoms with Crippen molar-refractivity contribution in [2.75, 3.05) is 42.8 Å². The Labute approximate surface area is 148 Å². The average Bonchev–Trinajstić information content (AvgIpc) is 2.55. The molecule has 2 heterocycles. The van der Waals surface area contributed by atoms with Crippen molar-refractivity contribution in [3.05, 3.63) is 41.5 Å². The van der Waals surface area contributed by atoms with Crippen LogP contribution in [-0.2, 0) is 10.0 Å². The van der Waals surface area contributed by atoms with E-state index in [0.29, 0.717) is 5.56 Å². The van der Waals surface area contributed by atoms with E-state index >= 15 is 0 Å². The van der Waals surface area contributed by atoms with E-state index in [-0.39, 0.29) is 10.7 Å². The van der Waals surface area contributed by atoms with Crippen LogP contribution in [0.3, 0.4) is 0 Å². The monoisotopic (exact) mass is 361 g/mol. The van der Waals surface area contributed by atoms with Crippen molar-refractivity contribution in [1.29, 1.82) is 0 Å². The van der Waals surface area contributed by atoms with E-state index in [4.69, 9.17) is 0 Å². The summed E-state index contributed by atoms with van der Waals surface area (Å²) in [7, 11) is -1.59. The SMILES string of the molecule is Cc1ccc(S(=O)(=O)Nc2ccc(N3CCN(C)CC3)nn2)c(C)c1. The van der Waals surface area contributed by atoms with Gasteiger partial charge in [0.25, 0.3) is 10.0 Å². The maximum atomic E-state index is 12.6. The van der Waals surface area contributed by atoms with E-state index in [1.54, 1.807) is 31.2 Å². The van der Waals surface area contributed by atoms with E-state index in [2.05, 4.69) is 31.8 Å². The molecule has 1 N–H and O–H groups in total. The van der Waals surface area contributed by atoms with Gasteiger partial charge in [0, 0.05) is 26.2 Å². The van der Waals surface area contributed by atoms with Gasteiger partial charge in [-0.15, -0.1) is 10.2 Å². The summed E-state index contributed by atoms with van der Waals surface area (Å²) in [6.45, 7) is 7.44. The molecule has 2 aromatic rings. The zero-order valence-electron chi connectivity index (χ0n) is 14.7. The molecule has 0 unspecified atom stereocenters. The van der Waals surface area contributed by atoms with Gasteiger partial charge in [0.1, 0.15) is 0 Å². The van der Waals surface area contributed by atoms with Crippen LogP contribution in [0.15, 0.2) is 35.2 Å². The first kappa shape index (κ1) is 17.6. The van der Waals surface area contributed by atoms with Gasteiger partial charge in [-0.1, -0.05) is 17.7 Å². The number of sulfonamides is 1. The van der Waals surface area contributed by atoms with Crippen molar-refractivity contribution in [2.24, 2.45) is 0 Å². The number of anilines is 2. The van der Waals surface area contributed by atoms with E-state index in [1.165, 1.54) is 0 Å². The number of hydrogen-bond donors (Lipinski definition) is 1. The fourth-order valence-corrected chi connectivity index (χ4v) is 4.10. The number of nitrogens with zero attached hydrogens (tertiary/aromatic N) is 4. The van der Waals surface area contributed by atoms with Crippen LogP contribution in [0.1, 0.15) is 11.1 Å². The van der Waals surface area contributed by atoms with Gasteiger partial charge in [-0.2, -0.15) is 0 Å². The lowest BCUT2D eigenvalue weighted by atomic mass is 10.2. The molecular weight excluding hydrogens is 338 g/mol. The zero-order chi connectivity index (χ0) is 18.0. The molecule has 1 aliphatic heterocycles. The van der Waals surface area contributed by atoms with Gasteiger partial charge in [0.05, 0.1) is 4.90 Å². The molecule has 0 bridgehead atoms. The molecule has 1 aliphatic rings. The van der Waals surface area contributed by atoms with Crippen molar-refractivity contribution in [2.45, 2.75) is 18.7 Å². The lowest BCUT2D eigenvalue weighted by Gasteiger charge is -2.32. The predicted molar refractivity (Wildman–Crippen MR) is 98.5 cm³/mol. The largest absolute Gasteiger partial charge is 0.353 e. The van der Waals surface area contributed by atoms with E-state index < -0.39 is 10.0 Å². The fraction of sp³-hybridized carbons (Fsp3) is 0.412. The van der Waals surface area contributed by atoms with Crippen LogP contribution in [0.5, 0.6) is 0 Å². The van der Waals surface area contributed by atoms with Crippen LogP contribution in [0.25, 0.3) is 0 Å². The Balaban J connectivity index is 1.74. The number of piperazine rings is 1. The molecule has 1 saturated heterocycles. The second-order valence-electron chi connectivity index (χ2n) is 6.44. The highest BCUT2D eigenvalue weighted by molar-refractivity contribution is 7.92. The fourth-order valence-electron chi connectivity index (χ4n) is 2.88. The highest BCUT2D eigenvalue weighted by Crippen LogP contribution is 2.20. The lowest BCUT2D eigenvalue weighted by Crippen LogP contribution is -2.44. The number of nitrogens with one attached hydrogen (secondary N) is 1. The third kappa shape index (κ3) is 4.08. The molecule has 1 aromatic carbocycles. The second-order valence-corrected chi connectivity index (χ2v) is 8.09. The molecule has 1 aromatic heterocycles. The maximum Gasteiger partial charge on any atom is 0.263 e. The highest BCUT2D eigenvalue weighted by atomic mass is 32.2. The number of aromatic nitrogens is 2. The molecule has 134 valence electrons. The van der Waals surface area contributed by atoms with Crippen LogP contribution >= 0.6 is 0 Å². The van der Waals surface area contributed by atoms with Crippen LogP contribution in [0, 0.1) is 13.8 Å². The topological polar surface area (TPSA) is 78.4 Å². The smallest absolute Gasteiger partial charge is 0.263 e. The predicted octanol–water partition coefficient (Wildman–Crippen LogP) is 1.65. The molecule has 25 heavy (non-hydrogen) atoms. The summed E-state index contributed by atoms with van der Waals surface area (Å²) in [5.74, 6) is 0.986. The van der Waals surface area contributed by atoms with Gasteiger partial charge in [-0.25, -0.2) is 8.42 Å². The first-order valence-corrected chi connectivity index (χ1v) is 9.71. The Hall–Kier alpha value is -2.19. The van der Waals surface area contributed by atoms with Crippen molar-refractivity contribution in [3.8, 4) is 0 Å². The molecule has 1 fully saturated rings. The molecule has 3 rings (SSSR count). The van der Waals surface area contributed by atoms with Gasteiger partial charge in [0.15, 0.2) is 11.6 Å². The minimum absolute atomic E-state index is 0.220. The summed E-state index contributed by atoms with van der Waals surface area (Å²) in [4.78, 5) is 4.66. The normalized spacial score (nSPS) is 16.0. The van der Waals surface area contributed by atoms with Gasteiger partial charge in [-0.05, 0) is 44.7 Å². The number of rotatable bonds is 4. The highest BCUT2D eigenvalue weighted by Gasteiger charge is 2.19. The first-order valence-electron chi connectivity index (χ1n) is 8.22. The second kappa shape index (κ2) is 6.97. The van der Waals surface area contributed by atoms with Gasteiger partial charge in [0.2, 0.25) is 0 Å². The van der Waals surface area contributed by atoms with Gasteiger partial charge >= 0.3 is 0 Å². The summed E-state index contributed by atoms with van der Waals surface area (Å²) in [6.07, 6.45) is 0. The summed E-state index contributed by atoms with van der Waals surface area (Å²) >= 11 is 0. The molecular formula is C17H23N5O2S. The summed E-state index contributed by atoms with van der Waals surface area (Å²) in [5.41, 5.74) is 1.72. The van der Waals surface area contributed by atoms with Crippen LogP contribution in [0.4, 0.5) is 11.6 Å². The molecule has 0 amide bonds. The first-order chi connectivity index (χ1) is 11.8. The Bertz CT molecular complexity index is 844. The Morgan fingerprint density at radius 3 is 2.32 bits per heavy atom. The lowest BCUT2D eigenvalue weighted by molar-refractivity contribution is 0.312. The van der Waals surface area contributed by atoms with Crippen molar-refractivity contribution < 1.29 is 8.42 Å². The molecule has 0 saturated carbocycles. The standard InChI is InChI=1S/C17H23N5O2S/c1-13-4-5-15(14(2)12-13)25(23,24)20-16-6-7-17(19-18-16)22-10-8-21(3)9-11-22/h4-7,12H,8-11H2,1-3H3,(H,18,20). The molecule has 0 aliphatic carbocycles. The molecule has 0 radical (unpaired) electrons. The summed E-state index contributed by atoms with van der Waals surface area (Å²) in [5, 5.41) is 8.21. The van der Waals surface area contributed by atoms with Crippen molar-refractivity contribution in [3.63, 3.8) is 0 Å². The molecule has 7 nitrogen and oxygen atoms in total. The quantitative estimate of drug-likeness (QED) is 0.892. The summed E-state index contributed by atoms with van der Waals surface area (Å²) < 4.78 is 27.6. The molecule has 0 spiro atoms. The van der Waals surface area contributed by atoms with E-state index in [1.807, 2.05) is 13.0 Å². The van der Waals surface area contributed by atoms with Crippen molar-refractivity contribution >= 4 is 21.7 Å². The maximum absolute atomic E-state index is 12.6. The number of hydrogen-bond acceptors (Lipinski definition) is 6. The van der Waals surface area contributed by atoms with E-state index in [0.717, 1.165) is 37.6 Å². The summed E-state index contributed by atoms with van der Waals surface area (Å²) in [6, 6.07) is 8.69. The zero-order valence-corrected chi connectivity index (χ0v) is 15.5. The third-order valence-corrected chi connectivity index (χ3v) is 5.85. The van der Waals surface area contributed by atoms with E-state index in [9.17, 15) is 8.42 Å². The van der Waals surface area contributed by atoms with Crippen LogP contribution in [-0.4, -0.2) is 56.7 Å². The van der Waals surface area contributed by atoms with Gasteiger partial charge < -0.3 is 9.80 Å². The minimum atomic E-state index is -3.68. The number of benzene rings is 1. The number of likely N-dealkylation sites (N-methyl/N-ethyl adjacent to an activating group) is 1. The van der Waals surface area contributed by atoms with Crippen molar-refractivity contribution in [1.82, 2.24) is 15.1 Å². The Morgan fingerprint density at radius 2 is 1.72 bits per heavy atom. The number of aryl methyl sites for hydroxylation is 2. The van der Waals surface area contributed by atoms with Crippen LogP contribution in [0.2, 0.25) is 0 Å².